The predicted molar refractivity (Wildman–Crippen MR) is 101 cm³/mol. The Morgan fingerprint density at radius 3 is 2.85 bits per heavy atom. The number of hydrogen-bond donors (Lipinski definition) is 3. The van der Waals surface area contributed by atoms with Gasteiger partial charge in [0, 0.05) is 0 Å². The molecule has 0 saturated heterocycles. The maximum absolute atomic E-state index is 12.9. The standard InChI is InChI=1S/C21H21N3O3/c25-19(26)11-18(15-9-8-13-4-1-2-5-14(13)10-15)23-21(27)17-7-3-6-16-12-22-24-20(16)17/h1-2,4-5,8-10,12,17-18H,3,6-7,11H2,(H,22,24)(H,23,27)(H,25,26)/t17?,18-/m0/s1. The van der Waals surface area contributed by atoms with Crippen LogP contribution in [0.4, 0.5) is 0 Å². The van der Waals surface area contributed by atoms with Crippen molar-refractivity contribution in [2.45, 2.75) is 37.6 Å². The first-order chi connectivity index (χ1) is 13.1. The Bertz CT molecular complexity index is 995. The van der Waals surface area contributed by atoms with Crippen LogP contribution in [0.3, 0.4) is 0 Å². The monoisotopic (exact) mass is 363 g/mol. The van der Waals surface area contributed by atoms with Gasteiger partial charge in [-0.05, 0) is 47.2 Å². The molecule has 0 fully saturated rings. The van der Waals surface area contributed by atoms with Crippen molar-refractivity contribution in [3.05, 3.63) is 65.5 Å². The van der Waals surface area contributed by atoms with E-state index in [0.29, 0.717) is 0 Å². The van der Waals surface area contributed by atoms with Crippen molar-refractivity contribution >= 4 is 22.6 Å². The van der Waals surface area contributed by atoms with Gasteiger partial charge in [-0.15, -0.1) is 0 Å². The molecule has 2 atom stereocenters. The number of aliphatic carboxylic acids is 1. The molecule has 1 aliphatic carbocycles. The van der Waals surface area contributed by atoms with Crippen molar-refractivity contribution in [1.82, 2.24) is 15.5 Å². The molecule has 1 unspecified atom stereocenters. The van der Waals surface area contributed by atoms with E-state index < -0.39 is 12.0 Å². The Kier molecular flexibility index (Phi) is 4.62. The van der Waals surface area contributed by atoms with Gasteiger partial charge in [-0.3, -0.25) is 14.7 Å². The molecule has 1 amide bonds. The second kappa shape index (κ2) is 7.23. The summed E-state index contributed by atoms with van der Waals surface area (Å²) in [6.07, 6.45) is 4.18. The van der Waals surface area contributed by atoms with E-state index in [2.05, 4.69) is 15.5 Å². The largest absolute Gasteiger partial charge is 0.481 e. The van der Waals surface area contributed by atoms with Crippen LogP contribution in [0.15, 0.2) is 48.7 Å². The first-order valence-electron chi connectivity index (χ1n) is 9.15. The van der Waals surface area contributed by atoms with Crippen LogP contribution in [0.5, 0.6) is 0 Å². The number of aromatic amines is 1. The van der Waals surface area contributed by atoms with Crippen LogP contribution in [-0.4, -0.2) is 27.2 Å². The molecule has 27 heavy (non-hydrogen) atoms. The quantitative estimate of drug-likeness (QED) is 0.648. The number of amides is 1. The van der Waals surface area contributed by atoms with Crippen molar-refractivity contribution in [2.75, 3.05) is 0 Å². The number of aryl methyl sites for hydroxylation is 1. The van der Waals surface area contributed by atoms with Crippen LogP contribution in [0, 0.1) is 0 Å². The molecular weight excluding hydrogens is 342 g/mol. The van der Waals surface area contributed by atoms with E-state index >= 15 is 0 Å². The molecule has 2 aromatic carbocycles. The fourth-order valence-corrected chi connectivity index (χ4v) is 3.85. The number of nitrogens with one attached hydrogen (secondary N) is 2. The third-order valence-corrected chi connectivity index (χ3v) is 5.23. The van der Waals surface area contributed by atoms with E-state index in [4.69, 9.17) is 0 Å². The van der Waals surface area contributed by atoms with Gasteiger partial charge in [0.15, 0.2) is 0 Å². The normalized spacial score (nSPS) is 17.3. The van der Waals surface area contributed by atoms with Gasteiger partial charge in [0.25, 0.3) is 0 Å². The van der Waals surface area contributed by atoms with Gasteiger partial charge in [-0.25, -0.2) is 0 Å². The lowest BCUT2D eigenvalue weighted by Gasteiger charge is -2.25. The molecule has 6 nitrogen and oxygen atoms in total. The van der Waals surface area contributed by atoms with E-state index in [1.807, 2.05) is 42.5 Å². The molecule has 6 heteroatoms. The Labute approximate surface area is 156 Å². The molecule has 0 bridgehead atoms. The van der Waals surface area contributed by atoms with Gasteiger partial charge < -0.3 is 10.4 Å². The molecule has 1 heterocycles. The number of rotatable bonds is 5. The highest BCUT2D eigenvalue weighted by molar-refractivity contribution is 5.86. The molecule has 1 aromatic heterocycles. The minimum absolute atomic E-state index is 0.153. The SMILES string of the molecule is O=C(O)C[C@H](NC(=O)C1CCCc2cn[nH]c21)c1ccc2ccccc2c1. The number of fused-ring (bicyclic) bond motifs is 2. The highest BCUT2D eigenvalue weighted by atomic mass is 16.4. The van der Waals surface area contributed by atoms with Crippen LogP contribution in [0.2, 0.25) is 0 Å². The first kappa shape index (κ1) is 17.3. The number of H-pyrrole nitrogens is 1. The molecule has 3 N–H and O–H groups in total. The predicted octanol–water partition coefficient (Wildman–Crippen LogP) is 3.32. The van der Waals surface area contributed by atoms with Gasteiger partial charge in [-0.1, -0.05) is 36.4 Å². The Hall–Kier alpha value is -3.15. The summed E-state index contributed by atoms with van der Waals surface area (Å²) in [5.74, 6) is -1.41. The van der Waals surface area contributed by atoms with E-state index in [0.717, 1.165) is 46.9 Å². The number of benzene rings is 2. The number of nitrogens with zero attached hydrogens (tertiary/aromatic N) is 1. The topological polar surface area (TPSA) is 95.1 Å². The zero-order valence-corrected chi connectivity index (χ0v) is 14.8. The third kappa shape index (κ3) is 3.56. The summed E-state index contributed by atoms with van der Waals surface area (Å²) >= 11 is 0. The fourth-order valence-electron chi connectivity index (χ4n) is 3.85. The summed E-state index contributed by atoms with van der Waals surface area (Å²) in [5.41, 5.74) is 2.72. The smallest absolute Gasteiger partial charge is 0.305 e. The number of carbonyl (C=O) groups is 2. The van der Waals surface area contributed by atoms with Crippen molar-refractivity contribution in [1.29, 1.82) is 0 Å². The minimum atomic E-state index is -0.945. The Morgan fingerprint density at radius 1 is 1.22 bits per heavy atom. The molecule has 3 aromatic rings. The van der Waals surface area contributed by atoms with Crippen molar-refractivity contribution in [2.24, 2.45) is 0 Å². The van der Waals surface area contributed by atoms with E-state index in [1.54, 1.807) is 6.20 Å². The number of carboxylic acids is 1. The molecule has 0 spiro atoms. The number of carbonyl (C=O) groups excluding carboxylic acids is 1. The molecule has 1 aliphatic rings. The maximum atomic E-state index is 12.9. The second-order valence-corrected chi connectivity index (χ2v) is 7.02. The van der Waals surface area contributed by atoms with Crippen LogP contribution >= 0.6 is 0 Å². The first-order valence-corrected chi connectivity index (χ1v) is 9.15. The lowest BCUT2D eigenvalue weighted by atomic mass is 9.87. The summed E-state index contributed by atoms with van der Waals surface area (Å²) in [5, 5.41) is 21.4. The van der Waals surface area contributed by atoms with Crippen molar-refractivity contribution in [3.63, 3.8) is 0 Å². The summed E-state index contributed by atoms with van der Waals surface area (Å²) in [4.78, 5) is 24.3. The number of hydrogen-bond acceptors (Lipinski definition) is 3. The van der Waals surface area contributed by atoms with Crippen molar-refractivity contribution < 1.29 is 14.7 Å². The maximum Gasteiger partial charge on any atom is 0.305 e. The molecule has 0 saturated carbocycles. The van der Waals surface area contributed by atoms with Crippen molar-refractivity contribution in [3.8, 4) is 0 Å². The Morgan fingerprint density at radius 2 is 2.04 bits per heavy atom. The zero-order valence-electron chi connectivity index (χ0n) is 14.8. The Balaban J connectivity index is 1.61. The van der Waals surface area contributed by atoms with Gasteiger partial charge in [0.05, 0.1) is 30.3 Å². The summed E-state index contributed by atoms with van der Waals surface area (Å²) < 4.78 is 0. The fraction of sp³-hybridized carbons (Fsp3) is 0.286. The number of aromatic nitrogens is 2. The average molecular weight is 363 g/mol. The summed E-state index contributed by atoms with van der Waals surface area (Å²) in [6, 6.07) is 13.1. The van der Waals surface area contributed by atoms with Crippen LogP contribution in [-0.2, 0) is 16.0 Å². The van der Waals surface area contributed by atoms with Crippen LogP contribution < -0.4 is 5.32 Å². The van der Waals surface area contributed by atoms with Gasteiger partial charge in [0.1, 0.15) is 0 Å². The lowest BCUT2D eigenvalue weighted by molar-refractivity contribution is -0.137. The average Bonchev–Trinajstić information content (AvgIpc) is 3.15. The minimum Gasteiger partial charge on any atom is -0.481 e. The molecule has 0 radical (unpaired) electrons. The summed E-state index contributed by atoms with van der Waals surface area (Å²) in [6.45, 7) is 0. The molecular formula is C21H21N3O3. The van der Waals surface area contributed by atoms with E-state index in [9.17, 15) is 14.7 Å². The van der Waals surface area contributed by atoms with E-state index in [-0.39, 0.29) is 18.2 Å². The highest BCUT2D eigenvalue weighted by Gasteiger charge is 2.30. The van der Waals surface area contributed by atoms with Crippen LogP contribution in [0.1, 0.15) is 48.0 Å². The zero-order chi connectivity index (χ0) is 18.8. The molecule has 4 rings (SSSR count). The number of carboxylic acid groups (broad SMARTS) is 1. The lowest BCUT2D eigenvalue weighted by Crippen LogP contribution is -2.35. The van der Waals surface area contributed by atoms with Crippen LogP contribution in [0.25, 0.3) is 10.8 Å². The van der Waals surface area contributed by atoms with Gasteiger partial charge in [-0.2, -0.15) is 5.10 Å². The summed E-state index contributed by atoms with van der Waals surface area (Å²) in [7, 11) is 0. The molecule has 138 valence electrons. The van der Waals surface area contributed by atoms with Gasteiger partial charge >= 0.3 is 5.97 Å². The third-order valence-electron chi connectivity index (χ3n) is 5.23. The van der Waals surface area contributed by atoms with Gasteiger partial charge in [0.2, 0.25) is 5.91 Å². The van der Waals surface area contributed by atoms with E-state index in [1.165, 1.54) is 0 Å². The molecule has 0 aliphatic heterocycles. The second-order valence-electron chi connectivity index (χ2n) is 7.02. The highest BCUT2D eigenvalue weighted by Crippen LogP contribution is 2.31.